The molecule has 3 aromatic rings. The van der Waals surface area contributed by atoms with E-state index in [4.69, 9.17) is 20.8 Å². The second kappa shape index (κ2) is 9.75. The molecule has 3 rings (SSSR count). The molecule has 2 amide bonds. The number of nitrogens with one attached hydrogen (secondary N) is 3. The van der Waals surface area contributed by atoms with Crippen molar-refractivity contribution in [2.75, 3.05) is 11.3 Å². The highest BCUT2D eigenvalue weighted by molar-refractivity contribution is 7.92. The van der Waals surface area contributed by atoms with Gasteiger partial charge in [0, 0.05) is 11.3 Å². The van der Waals surface area contributed by atoms with E-state index >= 15 is 0 Å². The number of furan rings is 1. The van der Waals surface area contributed by atoms with Crippen LogP contribution >= 0.6 is 11.6 Å². The van der Waals surface area contributed by atoms with Gasteiger partial charge in [-0.1, -0.05) is 11.6 Å². The van der Waals surface area contributed by atoms with Crippen molar-refractivity contribution in [1.82, 2.24) is 10.9 Å². The first-order valence-corrected chi connectivity index (χ1v) is 11.3. The van der Waals surface area contributed by atoms with Crippen molar-refractivity contribution >= 4 is 39.1 Å². The molecule has 0 aliphatic carbocycles. The zero-order chi connectivity index (χ0) is 23.3. The zero-order valence-electron chi connectivity index (χ0n) is 17.1. The summed E-state index contributed by atoms with van der Waals surface area (Å²) in [6, 6.07) is 11.5. The maximum atomic E-state index is 12.8. The van der Waals surface area contributed by atoms with E-state index in [1.165, 1.54) is 24.5 Å². The molecule has 0 atom stereocenters. The predicted molar refractivity (Wildman–Crippen MR) is 118 cm³/mol. The van der Waals surface area contributed by atoms with Crippen LogP contribution in [-0.4, -0.2) is 26.8 Å². The Morgan fingerprint density at radius 1 is 1.03 bits per heavy atom. The molecule has 3 N–H and O–H groups in total. The van der Waals surface area contributed by atoms with Gasteiger partial charge in [0.1, 0.15) is 16.4 Å². The van der Waals surface area contributed by atoms with Gasteiger partial charge < -0.3 is 9.15 Å². The average Bonchev–Trinajstić information content (AvgIpc) is 3.19. The van der Waals surface area contributed by atoms with Crippen molar-refractivity contribution in [2.45, 2.75) is 18.7 Å². The first-order valence-electron chi connectivity index (χ1n) is 9.41. The molecule has 0 saturated carbocycles. The van der Waals surface area contributed by atoms with Crippen molar-refractivity contribution < 1.29 is 27.2 Å². The van der Waals surface area contributed by atoms with E-state index in [0.717, 1.165) is 6.07 Å². The molecule has 0 aliphatic heterocycles. The quantitative estimate of drug-likeness (QED) is 0.447. The Labute approximate surface area is 189 Å². The third-order valence-electron chi connectivity index (χ3n) is 4.29. The summed E-state index contributed by atoms with van der Waals surface area (Å²) in [7, 11) is -4.10. The van der Waals surface area contributed by atoms with Crippen LogP contribution < -0.4 is 20.3 Å². The number of sulfonamides is 1. The molecule has 1 heterocycles. The van der Waals surface area contributed by atoms with Gasteiger partial charge in [-0.05, 0) is 62.4 Å². The number of carbonyl (C=O) groups excluding carboxylic acids is 2. The minimum atomic E-state index is -4.10. The fourth-order valence-electron chi connectivity index (χ4n) is 2.72. The van der Waals surface area contributed by atoms with E-state index < -0.39 is 21.8 Å². The molecule has 1 aromatic heterocycles. The average molecular weight is 478 g/mol. The summed E-state index contributed by atoms with van der Waals surface area (Å²) in [5.41, 5.74) is 5.00. The lowest BCUT2D eigenvalue weighted by Gasteiger charge is -2.12. The lowest BCUT2D eigenvalue weighted by molar-refractivity contribution is 0.0845. The van der Waals surface area contributed by atoms with Gasteiger partial charge in [-0.15, -0.1) is 0 Å². The van der Waals surface area contributed by atoms with Gasteiger partial charge in [-0.2, -0.15) is 0 Å². The van der Waals surface area contributed by atoms with Crippen LogP contribution in [0.3, 0.4) is 0 Å². The molecule has 0 saturated heterocycles. The normalized spacial score (nSPS) is 11.0. The van der Waals surface area contributed by atoms with Crippen LogP contribution in [0.25, 0.3) is 0 Å². The lowest BCUT2D eigenvalue weighted by atomic mass is 10.2. The van der Waals surface area contributed by atoms with E-state index in [1.54, 1.807) is 31.2 Å². The molecular formula is C21H20ClN3O6S. The Morgan fingerprint density at radius 3 is 2.34 bits per heavy atom. The number of hydrogen-bond acceptors (Lipinski definition) is 6. The van der Waals surface area contributed by atoms with Crippen LogP contribution in [0.4, 0.5) is 5.69 Å². The Balaban J connectivity index is 1.74. The van der Waals surface area contributed by atoms with Gasteiger partial charge in [-0.25, -0.2) is 8.42 Å². The lowest BCUT2D eigenvalue weighted by Crippen LogP contribution is -2.41. The second-order valence-electron chi connectivity index (χ2n) is 6.51. The summed E-state index contributed by atoms with van der Waals surface area (Å²) in [6.45, 7) is 3.92. The van der Waals surface area contributed by atoms with E-state index in [9.17, 15) is 18.0 Å². The SMILES string of the molecule is CCOc1ccc(NS(=O)(=O)c2cc(C(=O)NNC(=O)c3ccoc3C)ccc2Cl)cc1. The molecule has 168 valence electrons. The van der Waals surface area contributed by atoms with Crippen LogP contribution in [0.15, 0.2) is 64.1 Å². The van der Waals surface area contributed by atoms with E-state index in [-0.39, 0.29) is 21.0 Å². The van der Waals surface area contributed by atoms with Crippen molar-refractivity contribution in [3.63, 3.8) is 0 Å². The molecule has 9 nitrogen and oxygen atoms in total. The van der Waals surface area contributed by atoms with Crippen molar-refractivity contribution in [2.24, 2.45) is 0 Å². The molecule has 0 bridgehead atoms. The number of hydrazine groups is 1. The highest BCUT2D eigenvalue weighted by Gasteiger charge is 2.21. The van der Waals surface area contributed by atoms with E-state index in [2.05, 4.69) is 15.6 Å². The number of anilines is 1. The van der Waals surface area contributed by atoms with Gasteiger partial charge in [0.2, 0.25) is 0 Å². The number of amides is 2. The number of hydrogen-bond donors (Lipinski definition) is 3. The third-order valence-corrected chi connectivity index (χ3v) is 6.16. The number of carbonyl (C=O) groups is 2. The minimum absolute atomic E-state index is 0.0225. The third kappa shape index (κ3) is 5.40. The van der Waals surface area contributed by atoms with E-state index in [0.29, 0.717) is 23.8 Å². The summed E-state index contributed by atoms with van der Waals surface area (Å²) < 4.78 is 38.4. The van der Waals surface area contributed by atoms with Crippen LogP contribution in [0.1, 0.15) is 33.4 Å². The standard InChI is InChI=1S/C21H20ClN3O6S/c1-3-30-16-7-5-15(6-8-16)25-32(28,29)19-12-14(4-9-18(19)22)20(26)23-24-21(27)17-10-11-31-13(17)2/h4-12,25H,3H2,1-2H3,(H,23,26)(H,24,27). The Kier molecular flexibility index (Phi) is 7.06. The van der Waals surface area contributed by atoms with Crippen LogP contribution in [-0.2, 0) is 10.0 Å². The van der Waals surface area contributed by atoms with Crippen LogP contribution in [0, 0.1) is 6.92 Å². The molecule has 0 spiro atoms. The van der Waals surface area contributed by atoms with Gasteiger partial charge in [0.15, 0.2) is 0 Å². The predicted octanol–water partition coefficient (Wildman–Crippen LogP) is 3.52. The Bertz CT molecular complexity index is 1240. The summed E-state index contributed by atoms with van der Waals surface area (Å²) >= 11 is 6.08. The number of benzene rings is 2. The summed E-state index contributed by atoms with van der Waals surface area (Å²) in [5, 5.41) is -0.0713. The Morgan fingerprint density at radius 2 is 1.72 bits per heavy atom. The monoisotopic (exact) mass is 477 g/mol. The maximum absolute atomic E-state index is 12.8. The van der Waals surface area contributed by atoms with E-state index in [1.807, 2.05) is 6.92 Å². The molecular weight excluding hydrogens is 458 g/mol. The number of ether oxygens (including phenoxy) is 1. The summed E-state index contributed by atoms with van der Waals surface area (Å²) in [4.78, 5) is 24.2. The number of aryl methyl sites for hydroxylation is 1. The fraction of sp³-hybridized carbons (Fsp3) is 0.143. The van der Waals surface area contributed by atoms with Gasteiger partial charge in [0.05, 0.1) is 23.5 Å². The van der Waals surface area contributed by atoms with Gasteiger partial charge in [-0.3, -0.25) is 25.2 Å². The molecule has 0 unspecified atom stereocenters. The zero-order valence-corrected chi connectivity index (χ0v) is 18.7. The Hall–Kier alpha value is -3.50. The van der Waals surface area contributed by atoms with Gasteiger partial charge in [0.25, 0.3) is 21.8 Å². The smallest absolute Gasteiger partial charge is 0.273 e. The van der Waals surface area contributed by atoms with Crippen LogP contribution in [0.5, 0.6) is 5.75 Å². The van der Waals surface area contributed by atoms with Crippen LogP contribution in [0.2, 0.25) is 5.02 Å². The topological polar surface area (TPSA) is 127 Å². The van der Waals surface area contributed by atoms with Crippen molar-refractivity contribution in [3.05, 3.63) is 76.7 Å². The highest BCUT2D eigenvalue weighted by Crippen LogP contribution is 2.26. The largest absolute Gasteiger partial charge is 0.494 e. The van der Waals surface area contributed by atoms with Crippen molar-refractivity contribution in [3.8, 4) is 5.75 Å². The molecule has 0 aliphatic rings. The first kappa shape index (κ1) is 23.2. The van der Waals surface area contributed by atoms with Crippen molar-refractivity contribution in [1.29, 1.82) is 0 Å². The number of halogens is 1. The van der Waals surface area contributed by atoms with Gasteiger partial charge >= 0.3 is 0 Å². The maximum Gasteiger partial charge on any atom is 0.273 e. The first-order chi connectivity index (χ1) is 15.2. The molecule has 0 fully saturated rings. The molecule has 0 radical (unpaired) electrons. The second-order valence-corrected chi connectivity index (χ2v) is 8.56. The highest BCUT2D eigenvalue weighted by atomic mass is 35.5. The summed E-state index contributed by atoms with van der Waals surface area (Å²) in [5.74, 6) is -0.325. The molecule has 2 aromatic carbocycles. The minimum Gasteiger partial charge on any atom is -0.494 e. The molecule has 32 heavy (non-hydrogen) atoms. The fourth-order valence-corrected chi connectivity index (χ4v) is 4.31. The summed E-state index contributed by atoms with van der Waals surface area (Å²) in [6.07, 6.45) is 1.35. The molecule has 11 heteroatoms. The number of rotatable bonds is 7.